The molecule has 1 fully saturated rings. The van der Waals surface area contributed by atoms with E-state index in [-0.39, 0.29) is 5.91 Å². The molecular weight excluding hydrogens is 164 g/mol. The van der Waals surface area contributed by atoms with Crippen molar-refractivity contribution in [3.8, 4) is 0 Å². The first-order valence-corrected chi connectivity index (χ1v) is 5.22. The van der Waals surface area contributed by atoms with Gasteiger partial charge in [0.25, 0.3) is 0 Å². The molecule has 1 unspecified atom stereocenters. The molecule has 1 amide bonds. The van der Waals surface area contributed by atoms with Crippen LogP contribution in [0.25, 0.3) is 0 Å². The van der Waals surface area contributed by atoms with Crippen molar-refractivity contribution in [2.24, 2.45) is 0 Å². The minimum absolute atomic E-state index is 0.100. The summed E-state index contributed by atoms with van der Waals surface area (Å²) in [5, 5.41) is 2.99. The Bertz CT molecular complexity index is 168. The summed E-state index contributed by atoms with van der Waals surface area (Å²) in [5.41, 5.74) is 0. The van der Waals surface area contributed by atoms with Crippen LogP contribution in [0.15, 0.2) is 0 Å². The molecule has 1 aliphatic rings. The van der Waals surface area contributed by atoms with Crippen LogP contribution < -0.4 is 5.32 Å². The van der Waals surface area contributed by atoms with Crippen molar-refractivity contribution in [2.75, 3.05) is 19.6 Å². The van der Waals surface area contributed by atoms with Crippen LogP contribution in [0.4, 0.5) is 0 Å². The van der Waals surface area contributed by atoms with Crippen LogP contribution in [-0.2, 0) is 4.79 Å². The van der Waals surface area contributed by atoms with Crippen LogP contribution in [0.5, 0.6) is 0 Å². The van der Waals surface area contributed by atoms with Gasteiger partial charge >= 0.3 is 0 Å². The molecule has 3 heteroatoms. The third-order valence-corrected chi connectivity index (χ3v) is 2.45. The molecule has 0 bridgehead atoms. The van der Waals surface area contributed by atoms with E-state index in [1.165, 1.54) is 19.4 Å². The highest BCUT2D eigenvalue weighted by Gasteiger charge is 2.19. The molecule has 1 N–H and O–H groups in total. The number of nitrogens with zero attached hydrogens (tertiary/aromatic N) is 1. The Morgan fingerprint density at radius 2 is 2.38 bits per heavy atom. The summed E-state index contributed by atoms with van der Waals surface area (Å²) in [7, 11) is 0. The normalized spacial score (nSPS) is 24.3. The Kier molecular flexibility index (Phi) is 4.22. The van der Waals surface area contributed by atoms with E-state index in [1.807, 2.05) is 0 Å². The van der Waals surface area contributed by atoms with Crippen molar-refractivity contribution < 1.29 is 4.79 Å². The van der Waals surface area contributed by atoms with Crippen LogP contribution in [-0.4, -0.2) is 36.5 Å². The van der Waals surface area contributed by atoms with Gasteiger partial charge in [-0.05, 0) is 32.4 Å². The lowest BCUT2D eigenvalue weighted by Gasteiger charge is -2.32. The van der Waals surface area contributed by atoms with Crippen molar-refractivity contribution in [3.05, 3.63) is 0 Å². The molecule has 0 aromatic carbocycles. The minimum Gasteiger partial charge on any atom is -0.352 e. The van der Waals surface area contributed by atoms with Crippen LogP contribution in [0.1, 0.15) is 33.1 Å². The molecule has 1 rings (SSSR count). The van der Waals surface area contributed by atoms with Crippen molar-refractivity contribution in [2.45, 2.75) is 39.2 Å². The predicted octanol–water partition coefficient (Wildman–Crippen LogP) is 0.997. The maximum atomic E-state index is 10.8. The average molecular weight is 184 g/mol. The van der Waals surface area contributed by atoms with E-state index < -0.39 is 0 Å². The van der Waals surface area contributed by atoms with Gasteiger partial charge in [-0.25, -0.2) is 0 Å². The first-order valence-electron chi connectivity index (χ1n) is 5.22. The molecule has 1 heterocycles. The molecule has 1 aliphatic heterocycles. The summed E-state index contributed by atoms with van der Waals surface area (Å²) in [6.45, 7) is 7.19. The van der Waals surface area contributed by atoms with E-state index in [2.05, 4.69) is 17.1 Å². The van der Waals surface area contributed by atoms with Gasteiger partial charge < -0.3 is 10.2 Å². The van der Waals surface area contributed by atoms with E-state index in [1.54, 1.807) is 6.92 Å². The minimum atomic E-state index is 0.100. The van der Waals surface area contributed by atoms with E-state index in [9.17, 15) is 4.79 Å². The summed E-state index contributed by atoms with van der Waals surface area (Å²) in [6.07, 6.45) is 3.55. The van der Waals surface area contributed by atoms with E-state index in [0.29, 0.717) is 6.04 Å². The third-order valence-electron chi connectivity index (χ3n) is 2.45. The zero-order valence-electron chi connectivity index (χ0n) is 8.68. The molecule has 76 valence electrons. The molecule has 3 nitrogen and oxygen atoms in total. The molecule has 0 saturated carbocycles. The Balaban J connectivity index is 2.28. The van der Waals surface area contributed by atoms with Gasteiger partial charge in [-0.2, -0.15) is 0 Å². The van der Waals surface area contributed by atoms with Gasteiger partial charge in [0.05, 0.1) is 0 Å². The second kappa shape index (κ2) is 5.22. The highest BCUT2D eigenvalue weighted by atomic mass is 16.1. The second-order valence-electron chi connectivity index (χ2n) is 3.84. The quantitative estimate of drug-likeness (QED) is 0.709. The Labute approximate surface area is 80.5 Å². The first-order chi connectivity index (χ1) is 6.22. The summed E-state index contributed by atoms with van der Waals surface area (Å²) >= 11 is 0. The van der Waals surface area contributed by atoms with Crippen LogP contribution in [0.3, 0.4) is 0 Å². The fourth-order valence-corrected chi connectivity index (χ4v) is 1.98. The van der Waals surface area contributed by atoms with Crippen molar-refractivity contribution in [1.29, 1.82) is 0 Å². The number of likely N-dealkylation sites (tertiary alicyclic amines) is 1. The molecule has 13 heavy (non-hydrogen) atoms. The van der Waals surface area contributed by atoms with Gasteiger partial charge in [0.1, 0.15) is 0 Å². The molecule has 1 atom stereocenters. The average Bonchev–Trinajstić information content (AvgIpc) is 2.04. The Morgan fingerprint density at radius 1 is 1.62 bits per heavy atom. The van der Waals surface area contributed by atoms with Gasteiger partial charge in [-0.15, -0.1) is 0 Å². The van der Waals surface area contributed by atoms with Crippen molar-refractivity contribution in [1.82, 2.24) is 10.2 Å². The molecular formula is C10H20N2O. The Morgan fingerprint density at radius 3 is 3.00 bits per heavy atom. The maximum Gasteiger partial charge on any atom is 0.217 e. The summed E-state index contributed by atoms with van der Waals surface area (Å²) < 4.78 is 0. The number of piperidine rings is 1. The lowest BCUT2D eigenvalue weighted by Crippen LogP contribution is -2.47. The highest BCUT2D eigenvalue weighted by molar-refractivity contribution is 5.73. The topological polar surface area (TPSA) is 32.3 Å². The predicted molar refractivity (Wildman–Crippen MR) is 53.6 cm³/mol. The number of carbonyl (C=O) groups is 1. The standard InChI is InChI=1S/C10H20N2O/c1-3-6-12-7-4-5-10(8-12)11-9(2)13/h10H,3-8H2,1-2H3,(H,11,13). The smallest absolute Gasteiger partial charge is 0.217 e. The van der Waals surface area contributed by atoms with E-state index >= 15 is 0 Å². The largest absolute Gasteiger partial charge is 0.352 e. The van der Waals surface area contributed by atoms with Gasteiger partial charge in [0.2, 0.25) is 5.91 Å². The molecule has 1 saturated heterocycles. The maximum absolute atomic E-state index is 10.8. The van der Waals surface area contributed by atoms with Gasteiger partial charge in [0.15, 0.2) is 0 Å². The number of hydrogen-bond acceptors (Lipinski definition) is 2. The number of hydrogen-bond donors (Lipinski definition) is 1. The van der Waals surface area contributed by atoms with Gasteiger partial charge in [-0.3, -0.25) is 4.79 Å². The zero-order chi connectivity index (χ0) is 9.68. The van der Waals surface area contributed by atoms with E-state index in [0.717, 1.165) is 19.5 Å². The van der Waals surface area contributed by atoms with Gasteiger partial charge in [0, 0.05) is 19.5 Å². The number of carbonyl (C=O) groups excluding carboxylic acids is 1. The molecule has 0 spiro atoms. The first kappa shape index (κ1) is 10.5. The fourth-order valence-electron chi connectivity index (χ4n) is 1.98. The van der Waals surface area contributed by atoms with Crippen molar-refractivity contribution in [3.63, 3.8) is 0 Å². The van der Waals surface area contributed by atoms with E-state index in [4.69, 9.17) is 0 Å². The Hall–Kier alpha value is -0.570. The van der Waals surface area contributed by atoms with Crippen LogP contribution in [0.2, 0.25) is 0 Å². The highest BCUT2D eigenvalue weighted by Crippen LogP contribution is 2.09. The monoisotopic (exact) mass is 184 g/mol. The number of nitrogens with one attached hydrogen (secondary N) is 1. The molecule has 0 radical (unpaired) electrons. The number of amides is 1. The molecule has 0 aromatic rings. The van der Waals surface area contributed by atoms with Crippen LogP contribution >= 0.6 is 0 Å². The fraction of sp³-hybridized carbons (Fsp3) is 0.900. The molecule has 0 aromatic heterocycles. The SMILES string of the molecule is CCCN1CCCC(NC(C)=O)C1. The zero-order valence-corrected chi connectivity index (χ0v) is 8.68. The lowest BCUT2D eigenvalue weighted by atomic mass is 10.1. The molecule has 0 aliphatic carbocycles. The van der Waals surface area contributed by atoms with Crippen molar-refractivity contribution >= 4 is 5.91 Å². The van der Waals surface area contributed by atoms with Gasteiger partial charge in [-0.1, -0.05) is 6.92 Å². The third kappa shape index (κ3) is 3.77. The summed E-state index contributed by atoms with van der Waals surface area (Å²) in [6, 6.07) is 0.387. The van der Waals surface area contributed by atoms with Crippen LogP contribution in [0, 0.1) is 0 Å². The summed E-state index contributed by atoms with van der Waals surface area (Å²) in [5.74, 6) is 0.100. The lowest BCUT2D eigenvalue weighted by molar-refractivity contribution is -0.120. The number of rotatable bonds is 3. The summed E-state index contributed by atoms with van der Waals surface area (Å²) in [4.78, 5) is 13.3. The second-order valence-corrected chi connectivity index (χ2v) is 3.84.